The lowest BCUT2D eigenvalue weighted by molar-refractivity contribution is 0.210. The summed E-state index contributed by atoms with van der Waals surface area (Å²) >= 11 is 11.8. The number of hydrogen-bond donors (Lipinski definition) is 2. The number of anilines is 1. The van der Waals surface area contributed by atoms with Crippen LogP contribution in [0.3, 0.4) is 0 Å². The van der Waals surface area contributed by atoms with Gasteiger partial charge in [0, 0.05) is 25.3 Å². The number of rotatable bonds is 5. The molecule has 0 aliphatic heterocycles. The molecular weight excluding hydrogens is 273 g/mol. The quantitative estimate of drug-likeness (QED) is 0.828. The van der Waals surface area contributed by atoms with Crippen LogP contribution in [0.4, 0.5) is 5.82 Å². The zero-order valence-electron chi connectivity index (χ0n) is 9.84. The average molecular weight is 286 g/mol. The summed E-state index contributed by atoms with van der Waals surface area (Å²) in [5.41, 5.74) is 1.82. The fourth-order valence-corrected chi connectivity index (χ4v) is 1.80. The Morgan fingerprint density at radius 2 is 2.11 bits per heavy atom. The van der Waals surface area contributed by atoms with Crippen LogP contribution >= 0.6 is 23.2 Å². The number of H-pyrrole nitrogens is 1. The summed E-state index contributed by atoms with van der Waals surface area (Å²) < 4.78 is 4.95. The summed E-state index contributed by atoms with van der Waals surface area (Å²) in [5.74, 6) is 0.771. The largest absolute Gasteiger partial charge is 0.383 e. The van der Waals surface area contributed by atoms with E-state index in [0.29, 0.717) is 23.2 Å². The van der Waals surface area contributed by atoms with Gasteiger partial charge in [0.1, 0.15) is 5.82 Å². The molecule has 0 saturated heterocycles. The molecule has 0 atom stereocenters. The molecule has 2 N–H and O–H groups in total. The maximum Gasteiger partial charge on any atom is 0.148 e. The van der Waals surface area contributed by atoms with Crippen LogP contribution in [0.25, 0.3) is 11.3 Å². The van der Waals surface area contributed by atoms with E-state index >= 15 is 0 Å². The number of benzene rings is 1. The minimum Gasteiger partial charge on any atom is -0.383 e. The minimum atomic E-state index is 0.526. The molecule has 0 radical (unpaired) electrons. The van der Waals surface area contributed by atoms with Gasteiger partial charge in [-0.25, -0.2) is 0 Å². The van der Waals surface area contributed by atoms with E-state index in [0.717, 1.165) is 17.1 Å². The number of aromatic nitrogens is 2. The van der Waals surface area contributed by atoms with Crippen LogP contribution in [0.5, 0.6) is 0 Å². The standard InChI is InChI=1S/C12H13Cl2N3O/c1-18-5-4-15-12-7-11(16-17-12)8-2-3-9(13)10(14)6-8/h2-3,6-7H,4-5H2,1H3,(H2,15,16,17). The number of halogens is 2. The van der Waals surface area contributed by atoms with Gasteiger partial charge in [0.25, 0.3) is 0 Å². The summed E-state index contributed by atoms with van der Waals surface area (Å²) in [4.78, 5) is 0. The van der Waals surface area contributed by atoms with Gasteiger partial charge in [0.15, 0.2) is 0 Å². The minimum absolute atomic E-state index is 0.526. The summed E-state index contributed by atoms with van der Waals surface area (Å²) in [5, 5.41) is 11.3. The van der Waals surface area contributed by atoms with E-state index in [-0.39, 0.29) is 0 Å². The highest BCUT2D eigenvalue weighted by molar-refractivity contribution is 6.42. The smallest absolute Gasteiger partial charge is 0.148 e. The summed E-state index contributed by atoms with van der Waals surface area (Å²) in [6, 6.07) is 7.37. The van der Waals surface area contributed by atoms with Gasteiger partial charge in [-0.05, 0) is 12.1 Å². The zero-order chi connectivity index (χ0) is 13.0. The Bertz CT molecular complexity index is 528. The van der Waals surface area contributed by atoms with E-state index in [4.69, 9.17) is 27.9 Å². The van der Waals surface area contributed by atoms with Crippen LogP contribution in [-0.4, -0.2) is 30.5 Å². The molecule has 4 nitrogen and oxygen atoms in total. The molecule has 0 saturated carbocycles. The van der Waals surface area contributed by atoms with Crippen molar-refractivity contribution in [1.29, 1.82) is 0 Å². The molecule has 0 aliphatic carbocycles. The molecule has 1 aromatic carbocycles. The Balaban J connectivity index is 2.11. The van der Waals surface area contributed by atoms with E-state index in [1.807, 2.05) is 12.1 Å². The first-order valence-corrected chi connectivity index (χ1v) is 6.20. The van der Waals surface area contributed by atoms with Crippen LogP contribution in [0.2, 0.25) is 10.0 Å². The fraction of sp³-hybridized carbons (Fsp3) is 0.250. The van der Waals surface area contributed by atoms with Crippen molar-refractivity contribution in [2.75, 3.05) is 25.6 Å². The molecule has 0 aliphatic rings. The second kappa shape index (κ2) is 6.09. The summed E-state index contributed by atoms with van der Waals surface area (Å²) in [6.45, 7) is 1.34. The highest BCUT2D eigenvalue weighted by Crippen LogP contribution is 2.28. The molecule has 0 spiro atoms. The first-order chi connectivity index (χ1) is 8.70. The van der Waals surface area contributed by atoms with Gasteiger partial charge in [0.05, 0.1) is 22.3 Å². The topological polar surface area (TPSA) is 49.9 Å². The van der Waals surface area contributed by atoms with Crippen LogP contribution < -0.4 is 5.32 Å². The lowest BCUT2D eigenvalue weighted by Crippen LogP contribution is -2.07. The van der Waals surface area contributed by atoms with Crippen molar-refractivity contribution in [3.05, 3.63) is 34.3 Å². The van der Waals surface area contributed by atoms with Crippen molar-refractivity contribution in [1.82, 2.24) is 10.2 Å². The third-order valence-corrected chi connectivity index (χ3v) is 3.16. The Morgan fingerprint density at radius 3 is 2.83 bits per heavy atom. The molecule has 2 rings (SSSR count). The molecule has 1 heterocycles. The molecule has 0 amide bonds. The number of hydrogen-bond acceptors (Lipinski definition) is 3. The lowest BCUT2D eigenvalue weighted by atomic mass is 10.1. The first-order valence-electron chi connectivity index (χ1n) is 5.44. The fourth-order valence-electron chi connectivity index (χ4n) is 1.50. The predicted octanol–water partition coefficient (Wildman–Crippen LogP) is 3.44. The van der Waals surface area contributed by atoms with Crippen molar-refractivity contribution < 1.29 is 4.74 Å². The van der Waals surface area contributed by atoms with E-state index in [2.05, 4.69) is 15.5 Å². The first kappa shape index (κ1) is 13.2. The third-order valence-electron chi connectivity index (χ3n) is 2.42. The molecule has 2 aromatic rings. The normalized spacial score (nSPS) is 10.6. The van der Waals surface area contributed by atoms with Gasteiger partial charge in [0.2, 0.25) is 0 Å². The zero-order valence-corrected chi connectivity index (χ0v) is 11.3. The van der Waals surface area contributed by atoms with Crippen LogP contribution in [0.15, 0.2) is 24.3 Å². The van der Waals surface area contributed by atoms with Crippen molar-refractivity contribution in [2.45, 2.75) is 0 Å². The predicted molar refractivity (Wildman–Crippen MR) is 74.4 cm³/mol. The van der Waals surface area contributed by atoms with E-state index in [1.165, 1.54) is 0 Å². The second-order valence-electron chi connectivity index (χ2n) is 3.72. The van der Waals surface area contributed by atoms with Gasteiger partial charge >= 0.3 is 0 Å². The number of aromatic amines is 1. The molecule has 0 bridgehead atoms. The summed E-state index contributed by atoms with van der Waals surface area (Å²) in [7, 11) is 1.66. The van der Waals surface area contributed by atoms with E-state index in [9.17, 15) is 0 Å². The Hall–Kier alpha value is -1.23. The van der Waals surface area contributed by atoms with Crippen molar-refractivity contribution in [3.63, 3.8) is 0 Å². The lowest BCUT2D eigenvalue weighted by Gasteiger charge is -2.00. The monoisotopic (exact) mass is 285 g/mol. The number of nitrogens with one attached hydrogen (secondary N) is 2. The molecule has 96 valence electrons. The Kier molecular flexibility index (Phi) is 4.47. The number of ether oxygens (including phenoxy) is 1. The molecule has 6 heteroatoms. The molecule has 0 fully saturated rings. The SMILES string of the molecule is COCCNc1cc(-c2ccc(Cl)c(Cl)c2)[nH]n1. The number of methoxy groups -OCH3 is 1. The molecular formula is C12H13Cl2N3O. The Labute approximate surface area is 115 Å². The Morgan fingerprint density at radius 1 is 1.28 bits per heavy atom. The van der Waals surface area contributed by atoms with Crippen molar-refractivity contribution in [3.8, 4) is 11.3 Å². The highest BCUT2D eigenvalue weighted by Gasteiger charge is 2.05. The van der Waals surface area contributed by atoms with Crippen LogP contribution in [0.1, 0.15) is 0 Å². The van der Waals surface area contributed by atoms with Gasteiger partial charge in [-0.3, -0.25) is 5.10 Å². The van der Waals surface area contributed by atoms with Gasteiger partial charge in [-0.2, -0.15) is 5.10 Å². The van der Waals surface area contributed by atoms with Crippen molar-refractivity contribution >= 4 is 29.0 Å². The van der Waals surface area contributed by atoms with Crippen molar-refractivity contribution in [2.24, 2.45) is 0 Å². The maximum atomic E-state index is 5.97. The highest BCUT2D eigenvalue weighted by atomic mass is 35.5. The molecule has 0 unspecified atom stereocenters. The summed E-state index contributed by atoms with van der Waals surface area (Å²) in [6.07, 6.45) is 0. The van der Waals surface area contributed by atoms with Gasteiger partial charge in [-0.1, -0.05) is 29.3 Å². The van der Waals surface area contributed by atoms with Crippen LogP contribution in [-0.2, 0) is 4.74 Å². The van der Waals surface area contributed by atoms with Gasteiger partial charge in [-0.15, -0.1) is 0 Å². The molecule has 1 aromatic heterocycles. The van der Waals surface area contributed by atoms with E-state index < -0.39 is 0 Å². The third kappa shape index (κ3) is 3.16. The van der Waals surface area contributed by atoms with Crippen LogP contribution in [0, 0.1) is 0 Å². The second-order valence-corrected chi connectivity index (χ2v) is 4.53. The average Bonchev–Trinajstić information content (AvgIpc) is 2.82. The number of nitrogens with zero attached hydrogens (tertiary/aromatic N) is 1. The maximum absolute atomic E-state index is 5.97. The van der Waals surface area contributed by atoms with E-state index in [1.54, 1.807) is 19.2 Å². The van der Waals surface area contributed by atoms with Gasteiger partial charge < -0.3 is 10.1 Å². The molecule has 18 heavy (non-hydrogen) atoms.